The molecule has 9 rings (SSSR count). The number of hydrogen-bond acceptors (Lipinski definition) is 0. The molecule has 2 heterocycles. The fraction of sp³-hybridized carbons (Fsp3) is 0.125. The minimum Gasteiger partial charge on any atom is -0.309 e. The summed E-state index contributed by atoms with van der Waals surface area (Å²) in [5, 5.41) is 5.15. The molecule has 0 atom stereocenters. The van der Waals surface area contributed by atoms with Crippen LogP contribution in [0.25, 0.3) is 77.2 Å². The van der Waals surface area contributed by atoms with Crippen molar-refractivity contribution in [2.24, 2.45) is 0 Å². The molecule has 0 aliphatic rings. The van der Waals surface area contributed by atoms with Crippen LogP contribution in [0.4, 0.5) is 0 Å². The van der Waals surface area contributed by atoms with Crippen molar-refractivity contribution >= 4 is 43.6 Å². The van der Waals surface area contributed by atoms with Crippen molar-refractivity contribution in [3.05, 3.63) is 169 Å². The van der Waals surface area contributed by atoms with E-state index in [9.17, 15) is 0 Å². The highest BCUT2D eigenvalue weighted by Gasteiger charge is 2.19. The Balaban J connectivity index is 1.13. The fourth-order valence-corrected chi connectivity index (χ4v) is 8.07. The molecule has 9 aromatic rings. The predicted molar refractivity (Wildman–Crippen MR) is 214 cm³/mol. The van der Waals surface area contributed by atoms with E-state index in [-0.39, 0.29) is 0 Å². The van der Waals surface area contributed by atoms with Gasteiger partial charge in [0.15, 0.2) is 0 Å². The molecule has 0 bridgehead atoms. The van der Waals surface area contributed by atoms with Gasteiger partial charge in [-0.3, -0.25) is 0 Å². The molecule has 0 fully saturated rings. The number of fused-ring (bicyclic) bond motifs is 6. The summed E-state index contributed by atoms with van der Waals surface area (Å²) in [6.07, 6.45) is 0. The van der Waals surface area contributed by atoms with Gasteiger partial charge in [0.05, 0.1) is 22.1 Å². The van der Waals surface area contributed by atoms with Gasteiger partial charge in [-0.15, -0.1) is 0 Å². The van der Waals surface area contributed by atoms with Gasteiger partial charge in [0, 0.05) is 32.9 Å². The Kier molecular flexibility index (Phi) is 7.21. The molecule has 0 saturated heterocycles. The van der Waals surface area contributed by atoms with E-state index in [0.29, 0.717) is 11.8 Å². The Morgan fingerprint density at radius 1 is 0.340 bits per heavy atom. The van der Waals surface area contributed by atoms with E-state index in [0.717, 1.165) is 0 Å². The number of benzene rings is 7. The van der Waals surface area contributed by atoms with Crippen molar-refractivity contribution < 1.29 is 0 Å². The molecule has 242 valence electrons. The first kappa shape index (κ1) is 30.2. The second kappa shape index (κ2) is 11.9. The Morgan fingerprint density at radius 2 is 0.620 bits per heavy atom. The standard InChI is InChI=1S/C48H40N2/c1-31(2)41-29-44(34-23-27-36(28-24-34)50-47-19-11-7-15-39(47)40-16-8-12-20-48(40)50)42(32(3)4)30-43(41)33-21-25-35(26-22-33)49-45-17-9-5-13-37(45)38-14-6-10-18-46(38)49/h5-32H,1-4H3. The van der Waals surface area contributed by atoms with Crippen LogP contribution in [-0.4, -0.2) is 9.13 Å². The molecule has 0 aliphatic heterocycles. The second-order valence-electron chi connectivity index (χ2n) is 14.2. The summed E-state index contributed by atoms with van der Waals surface area (Å²) in [5.74, 6) is 0.748. The van der Waals surface area contributed by atoms with E-state index in [2.05, 4.69) is 195 Å². The Labute approximate surface area is 293 Å². The number of nitrogens with zero attached hydrogens (tertiary/aromatic N) is 2. The van der Waals surface area contributed by atoms with Crippen molar-refractivity contribution in [1.29, 1.82) is 0 Å². The normalized spacial score (nSPS) is 12.0. The molecule has 0 radical (unpaired) electrons. The summed E-state index contributed by atoms with van der Waals surface area (Å²) in [4.78, 5) is 0. The lowest BCUT2D eigenvalue weighted by atomic mass is 9.83. The lowest BCUT2D eigenvalue weighted by Gasteiger charge is -2.22. The fourth-order valence-electron chi connectivity index (χ4n) is 8.07. The van der Waals surface area contributed by atoms with Crippen LogP contribution < -0.4 is 0 Å². The molecule has 50 heavy (non-hydrogen) atoms. The van der Waals surface area contributed by atoms with Gasteiger partial charge >= 0.3 is 0 Å². The van der Waals surface area contributed by atoms with E-state index in [1.165, 1.54) is 88.4 Å². The SMILES string of the molecule is CC(C)c1cc(-c2ccc(-n3c4ccccc4c4ccccc43)cc2)c(C(C)C)cc1-c1ccc(-n2c3ccccc3c3ccccc32)cc1. The third-order valence-corrected chi connectivity index (χ3v) is 10.5. The maximum Gasteiger partial charge on any atom is 0.0541 e. The van der Waals surface area contributed by atoms with E-state index in [1.807, 2.05) is 0 Å². The molecule has 2 aromatic heterocycles. The average Bonchev–Trinajstić information content (AvgIpc) is 3.68. The first-order chi connectivity index (χ1) is 24.5. The number of rotatable bonds is 6. The summed E-state index contributed by atoms with van der Waals surface area (Å²) in [6.45, 7) is 9.26. The van der Waals surface area contributed by atoms with Gasteiger partial charge in [0.25, 0.3) is 0 Å². The zero-order valence-electron chi connectivity index (χ0n) is 29.1. The summed E-state index contributed by atoms with van der Waals surface area (Å²) in [5.41, 5.74) is 15.2. The highest BCUT2D eigenvalue weighted by molar-refractivity contribution is 6.10. The zero-order valence-corrected chi connectivity index (χ0v) is 29.1. The lowest BCUT2D eigenvalue weighted by Crippen LogP contribution is -2.01. The molecule has 0 saturated carbocycles. The van der Waals surface area contributed by atoms with Crippen molar-refractivity contribution in [3.63, 3.8) is 0 Å². The third kappa shape index (κ3) is 4.78. The first-order valence-electron chi connectivity index (χ1n) is 17.8. The first-order valence-corrected chi connectivity index (χ1v) is 17.8. The zero-order chi connectivity index (χ0) is 33.9. The van der Waals surface area contributed by atoms with Crippen LogP contribution in [0.2, 0.25) is 0 Å². The predicted octanol–water partition coefficient (Wildman–Crippen LogP) is 13.5. The van der Waals surface area contributed by atoms with Gasteiger partial charge in [-0.25, -0.2) is 0 Å². The average molecular weight is 645 g/mol. The van der Waals surface area contributed by atoms with Crippen LogP contribution in [0.1, 0.15) is 50.7 Å². The van der Waals surface area contributed by atoms with E-state index in [4.69, 9.17) is 0 Å². The Morgan fingerprint density at radius 3 is 0.900 bits per heavy atom. The van der Waals surface area contributed by atoms with Gasteiger partial charge in [-0.2, -0.15) is 0 Å². The Hall–Kier alpha value is -5.86. The molecular formula is C48H40N2. The van der Waals surface area contributed by atoms with Gasteiger partial charge in [0.1, 0.15) is 0 Å². The van der Waals surface area contributed by atoms with Crippen LogP contribution >= 0.6 is 0 Å². The van der Waals surface area contributed by atoms with Crippen LogP contribution in [0, 0.1) is 0 Å². The summed E-state index contributed by atoms with van der Waals surface area (Å²) < 4.78 is 4.78. The van der Waals surface area contributed by atoms with Crippen molar-refractivity contribution in [2.75, 3.05) is 0 Å². The minimum atomic E-state index is 0.374. The summed E-state index contributed by atoms with van der Waals surface area (Å²) in [7, 11) is 0. The monoisotopic (exact) mass is 644 g/mol. The molecule has 0 aliphatic carbocycles. The molecule has 0 amide bonds. The van der Waals surface area contributed by atoms with Crippen LogP contribution in [0.15, 0.2) is 158 Å². The lowest BCUT2D eigenvalue weighted by molar-refractivity contribution is 0.849. The largest absolute Gasteiger partial charge is 0.309 e. The number of hydrogen-bond donors (Lipinski definition) is 0. The molecule has 7 aromatic carbocycles. The second-order valence-corrected chi connectivity index (χ2v) is 14.2. The topological polar surface area (TPSA) is 9.86 Å². The van der Waals surface area contributed by atoms with Crippen LogP contribution in [0.3, 0.4) is 0 Å². The molecule has 0 N–H and O–H groups in total. The van der Waals surface area contributed by atoms with Crippen molar-refractivity contribution in [2.45, 2.75) is 39.5 Å². The maximum absolute atomic E-state index is 2.46. The Bertz CT molecular complexity index is 2390. The quantitative estimate of drug-likeness (QED) is 0.170. The van der Waals surface area contributed by atoms with Gasteiger partial charge < -0.3 is 9.13 Å². The van der Waals surface area contributed by atoms with Crippen molar-refractivity contribution in [3.8, 4) is 33.6 Å². The van der Waals surface area contributed by atoms with E-state index >= 15 is 0 Å². The molecule has 2 nitrogen and oxygen atoms in total. The highest BCUT2D eigenvalue weighted by Crippen LogP contribution is 2.40. The molecule has 2 heteroatoms. The molecule has 0 unspecified atom stereocenters. The smallest absolute Gasteiger partial charge is 0.0541 e. The third-order valence-electron chi connectivity index (χ3n) is 10.5. The molecule has 0 spiro atoms. The van der Waals surface area contributed by atoms with Crippen LogP contribution in [0.5, 0.6) is 0 Å². The minimum absolute atomic E-state index is 0.374. The van der Waals surface area contributed by atoms with Crippen molar-refractivity contribution in [1.82, 2.24) is 9.13 Å². The highest BCUT2D eigenvalue weighted by atomic mass is 15.0. The number of para-hydroxylation sites is 4. The van der Waals surface area contributed by atoms with Gasteiger partial charge in [-0.1, -0.05) is 125 Å². The maximum atomic E-state index is 2.46. The summed E-state index contributed by atoms with van der Waals surface area (Å²) >= 11 is 0. The van der Waals surface area contributed by atoms with Crippen LogP contribution in [-0.2, 0) is 0 Å². The number of aromatic nitrogens is 2. The van der Waals surface area contributed by atoms with Gasteiger partial charge in [-0.05, 0) is 106 Å². The summed E-state index contributed by atoms with van der Waals surface area (Å²) in [6, 6.07) is 58.2. The molecular weight excluding hydrogens is 605 g/mol. The van der Waals surface area contributed by atoms with E-state index in [1.54, 1.807) is 0 Å². The van der Waals surface area contributed by atoms with E-state index < -0.39 is 0 Å². The van der Waals surface area contributed by atoms with Gasteiger partial charge in [0.2, 0.25) is 0 Å².